The first-order valence-electron chi connectivity index (χ1n) is 7.90. The predicted molar refractivity (Wildman–Crippen MR) is 82.4 cm³/mol. The van der Waals surface area contributed by atoms with E-state index in [-0.39, 0.29) is 6.54 Å². The molecule has 0 aromatic heterocycles. The number of halogens is 3. The fourth-order valence-corrected chi connectivity index (χ4v) is 2.69. The number of hydrogen-bond donors (Lipinski definition) is 2. The highest BCUT2D eigenvalue weighted by atomic mass is 19.4. The van der Waals surface area contributed by atoms with Gasteiger partial charge in [-0.05, 0) is 43.5 Å². The maximum absolute atomic E-state index is 13.1. The summed E-state index contributed by atoms with van der Waals surface area (Å²) >= 11 is 0. The zero-order chi connectivity index (χ0) is 17.6. The molecule has 5 nitrogen and oxygen atoms in total. The number of rotatable bonds is 5. The van der Waals surface area contributed by atoms with E-state index in [1.54, 1.807) is 12.1 Å². The molecule has 0 radical (unpaired) electrons. The number of nitrogens with one attached hydrogen (secondary N) is 2. The third kappa shape index (κ3) is 5.59. The number of benzene rings is 1. The van der Waals surface area contributed by atoms with Gasteiger partial charge in [-0.25, -0.2) is 4.79 Å². The van der Waals surface area contributed by atoms with Crippen LogP contribution in [0.1, 0.15) is 19.3 Å². The molecular weight excluding hydrogens is 325 g/mol. The summed E-state index contributed by atoms with van der Waals surface area (Å²) in [6, 6.07) is 6.24. The van der Waals surface area contributed by atoms with Crippen molar-refractivity contribution in [1.82, 2.24) is 0 Å². The van der Waals surface area contributed by atoms with Gasteiger partial charge in [0.2, 0.25) is 6.10 Å². The fourth-order valence-electron chi connectivity index (χ4n) is 2.69. The lowest BCUT2D eigenvalue weighted by Crippen LogP contribution is -3.14. The van der Waals surface area contributed by atoms with Crippen molar-refractivity contribution in [2.24, 2.45) is 0 Å². The van der Waals surface area contributed by atoms with Crippen LogP contribution in [0.5, 0.6) is 5.75 Å². The number of hydrogen-bond acceptors (Lipinski definition) is 3. The average molecular weight is 347 g/mol. The van der Waals surface area contributed by atoms with Crippen LogP contribution in [0, 0.1) is 0 Å². The molecule has 1 heterocycles. The zero-order valence-corrected chi connectivity index (χ0v) is 13.5. The van der Waals surface area contributed by atoms with Crippen molar-refractivity contribution < 1.29 is 32.3 Å². The van der Waals surface area contributed by atoms with Gasteiger partial charge in [-0.3, -0.25) is 5.32 Å². The SMILES string of the molecule is COc1ccc(NC(=O)O[C@H](C[NH+]2CCCCC2)C(F)(F)F)cc1. The van der Waals surface area contributed by atoms with Crippen molar-refractivity contribution in [3.63, 3.8) is 0 Å². The molecule has 0 aliphatic carbocycles. The molecule has 2 N–H and O–H groups in total. The third-order valence-corrected chi connectivity index (χ3v) is 3.99. The molecule has 0 spiro atoms. The van der Waals surface area contributed by atoms with Gasteiger partial charge in [0.25, 0.3) is 0 Å². The third-order valence-electron chi connectivity index (χ3n) is 3.99. The number of carbonyl (C=O) groups excluding carboxylic acids is 1. The molecule has 1 amide bonds. The minimum absolute atomic E-state index is 0.250. The van der Waals surface area contributed by atoms with Crippen LogP contribution >= 0.6 is 0 Å². The maximum atomic E-state index is 13.1. The van der Waals surface area contributed by atoms with Gasteiger partial charge >= 0.3 is 12.3 Å². The molecule has 0 bridgehead atoms. The van der Waals surface area contributed by atoms with E-state index in [4.69, 9.17) is 4.74 Å². The monoisotopic (exact) mass is 347 g/mol. The minimum atomic E-state index is -4.58. The van der Waals surface area contributed by atoms with Crippen molar-refractivity contribution in [1.29, 1.82) is 0 Å². The number of carbonyl (C=O) groups is 1. The summed E-state index contributed by atoms with van der Waals surface area (Å²) in [5, 5.41) is 2.31. The summed E-state index contributed by atoms with van der Waals surface area (Å²) in [7, 11) is 1.49. The van der Waals surface area contributed by atoms with E-state index < -0.39 is 18.4 Å². The number of likely N-dealkylation sites (tertiary alicyclic amines) is 1. The molecular formula is C16H22F3N2O3+. The Morgan fingerprint density at radius 2 is 1.83 bits per heavy atom. The molecule has 8 heteroatoms. The second-order valence-corrected chi connectivity index (χ2v) is 5.80. The van der Waals surface area contributed by atoms with Gasteiger partial charge in [0.1, 0.15) is 12.3 Å². The summed E-state index contributed by atoms with van der Waals surface area (Å²) < 4.78 is 49.0. The number of quaternary nitrogens is 1. The molecule has 1 aromatic rings. The van der Waals surface area contributed by atoms with Crippen molar-refractivity contribution in [3.8, 4) is 5.75 Å². The Hall–Kier alpha value is -1.96. The normalized spacial score (nSPS) is 17.2. The number of alkyl halides is 3. The number of amides is 1. The molecule has 1 saturated heterocycles. The highest BCUT2D eigenvalue weighted by molar-refractivity contribution is 5.84. The molecule has 1 aliphatic heterocycles. The lowest BCUT2D eigenvalue weighted by Gasteiger charge is -2.28. The Labute approximate surface area is 138 Å². The van der Waals surface area contributed by atoms with E-state index in [9.17, 15) is 18.0 Å². The number of ether oxygens (including phenoxy) is 2. The first-order chi connectivity index (χ1) is 11.4. The summed E-state index contributed by atoms with van der Waals surface area (Å²) in [6.45, 7) is 1.10. The maximum Gasteiger partial charge on any atom is 0.431 e. The first kappa shape index (κ1) is 18.4. The van der Waals surface area contributed by atoms with Crippen LogP contribution < -0.4 is 15.0 Å². The van der Waals surface area contributed by atoms with Gasteiger partial charge < -0.3 is 14.4 Å². The molecule has 0 saturated carbocycles. The van der Waals surface area contributed by atoms with Crippen molar-refractivity contribution >= 4 is 11.8 Å². The number of methoxy groups -OCH3 is 1. The van der Waals surface area contributed by atoms with Gasteiger partial charge in [-0.2, -0.15) is 13.2 Å². The standard InChI is InChI=1S/C16H21F3N2O3/c1-23-13-7-5-12(6-8-13)20-15(22)24-14(16(17,18)19)11-21-9-3-2-4-10-21/h5-8,14H,2-4,9-11H2,1H3,(H,20,22)/p+1/t14-/m1/s1. The van der Waals surface area contributed by atoms with Crippen LogP contribution in [-0.4, -0.2) is 45.1 Å². The Balaban J connectivity index is 1.93. The molecule has 0 unspecified atom stereocenters. The van der Waals surface area contributed by atoms with E-state index >= 15 is 0 Å². The Morgan fingerprint density at radius 3 is 2.38 bits per heavy atom. The quantitative estimate of drug-likeness (QED) is 0.859. The van der Waals surface area contributed by atoms with Crippen LogP contribution in [0.25, 0.3) is 0 Å². The Morgan fingerprint density at radius 1 is 1.21 bits per heavy atom. The van der Waals surface area contributed by atoms with Gasteiger partial charge in [0.05, 0.1) is 20.2 Å². The number of anilines is 1. The molecule has 2 rings (SSSR count). The van der Waals surface area contributed by atoms with Crippen LogP contribution in [0.4, 0.5) is 23.7 Å². The molecule has 24 heavy (non-hydrogen) atoms. The molecule has 1 fully saturated rings. The number of piperidine rings is 1. The van der Waals surface area contributed by atoms with E-state index in [1.165, 1.54) is 19.2 Å². The predicted octanol–water partition coefficient (Wildman–Crippen LogP) is 2.24. The van der Waals surface area contributed by atoms with E-state index in [1.807, 2.05) is 0 Å². The van der Waals surface area contributed by atoms with E-state index in [0.29, 0.717) is 24.5 Å². The van der Waals surface area contributed by atoms with Crippen LogP contribution in [0.15, 0.2) is 24.3 Å². The van der Waals surface area contributed by atoms with Crippen molar-refractivity contribution in [2.45, 2.75) is 31.5 Å². The van der Waals surface area contributed by atoms with Crippen LogP contribution in [-0.2, 0) is 4.74 Å². The zero-order valence-electron chi connectivity index (χ0n) is 13.5. The molecule has 1 atom stereocenters. The van der Waals surface area contributed by atoms with Gasteiger partial charge in [-0.15, -0.1) is 0 Å². The second-order valence-electron chi connectivity index (χ2n) is 5.80. The average Bonchev–Trinajstić information content (AvgIpc) is 2.55. The van der Waals surface area contributed by atoms with Crippen LogP contribution in [0.3, 0.4) is 0 Å². The Kier molecular flexibility index (Phi) is 6.30. The second kappa shape index (κ2) is 8.23. The van der Waals surface area contributed by atoms with Crippen molar-refractivity contribution in [3.05, 3.63) is 24.3 Å². The largest absolute Gasteiger partial charge is 0.497 e. The minimum Gasteiger partial charge on any atom is -0.497 e. The highest BCUT2D eigenvalue weighted by Gasteiger charge is 2.45. The van der Waals surface area contributed by atoms with Gasteiger partial charge in [0, 0.05) is 5.69 Å². The molecule has 1 aromatic carbocycles. The summed E-state index contributed by atoms with van der Waals surface area (Å²) in [5.74, 6) is 0.579. The lowest BCUT2D eigenvalue weighted by atomic mass is 10.1. The summed E-state index contributed by atoms with van der Waals surface area (Å²) in [5.41, 5.74) is 0.340. The smallest absolute Gasteiger partial charge is 0.431 e. The Bertz CT molecular complexity index is 528. The molecule has 134 valence electrons. The van der Waals surface area contributed by atoms with Gasteiger partial charge in [-0.1, -0.05) is 0 Å². The van der Waals surface area contributed by atoms with E-state index in [2.05, 4.69) is 10.1 Å². The molecule has 1 aliphatic rings. The van der Waals surface area contributed by atoms with Gasteiger partial charge in [0.15, 0.2) is 0 Å². The fraction of sp³-hybridized carbons (Fsp3) is 0.562. The topological polar surface area (TPSA) is 52.0 Å². The van der Waals surface area contributed by atoms with Crippen molar-refractivity contribution in [2.75, 3.05) is 32.1 Å². The highest BCUT2D eigenvalue weighted by Crippen LogP contribution is 2.23. The lowest BCUT2D eigenvalue weighted by molar-refractivity contribution is -0.909. The summed E-state index contributed by atoms with van der Waals surface area (Å²) in [4.78, 5) is 12.6. The summed E-state index contributed by atoms with van der Waals surface area (Å²) in [6.07, 6.45) is -4.96. The van der Waals surface area contributed by atoms with Crippen LogP contribution in [0.2, 0.25) is 0 Å². The van der Waals surface area contributed by atoms with E-state index in [0.717, 1.165) is 24.2 Å². The first-order valence-corrected chi connectivity index (χ1v) is 7.90.